The number of guanidine groups is 1. The molecule has 0 spiro atoms. The van der Waals surface area contributed by atoms with Gasteiger partial charge in [-0.3, -0.25) is 0 Å². The fourth-order valence-electron chi connectivity index (χ4n) is 2.83. The van der Waals surface area contributed by atoms with Gasteiger partial charge in [0, 0.05) is 32.9 Å². The lowest BCUT2D eigenvalue weighted by Crippen LogP contribution is -2.38. The Morgan fingerprint density at radius 1 is 1.00 bits per heavy atom. The van der Waals surface area contributed by atoms with Crippen LogP contribution in [0.2, 0.25) is 0 Å². The molecule has 0 saturated carbocycles. The average Bonchev–Trinajstić information content (AvgIpc) is 3.14. The molecule has 0 amide bonds. The van der Waals surface area contributed by atoms with Gasteiger partial charge in [0.1, 0.15) is 0 Å². The van der Waals surface area contributed by atoms with E-state index in [2.05, 4.69) is 57.8 Å². The van der Waals surface area contributed by atoms with E-state index < -0.39 is 0 Å². The predicted octanol–water partition coefficient (Wildman–Crippen LogP) is 3.40. The van der Waals surface area contributed by atoms with Crippen molar-refractivity contribution in [3.8, 4) is 11.5 Å². The minimum Gasteiger partial charge on any atom is -0.454 e. The Morgan fingerprint density at radius 3 is 2.43 bits per heavy atom. The molecular formula is C21H29IN4O2. The molecule has 3 rings (SSSR count). The second-order valence-corrected chi connectivity index (χ2v) is 6.62. The van der Waals surface area contributed by atoms with Crippen molar-refractivity contribution in [1.82, 2.24) is 10.6 Å². The van der Waals surface area contributed by atoms with Crippen LogP contribution in [0.3, 0.4) is 0 Å². The molecule has 0 aliphatic carbocycles. The molecule has 2 aromatic rings. The van der Waals surface area contributed by atoms with Crippen LogP contribution in [0.1, 0.15) is 18.1 Å². The summed E-state index contributed by atoms with van der Waals surface area (Å²) in [7, 11) is 4.08. The van der Waals surface area contributed by atoms with E-state index in [0.717, 1.165) is 37.0 Å². The molecule has 0 radical (unpaired) electrons. The van der Waals surface area contributed by atoms with Gasteiger partial charge in [-0.2, -0.15) is 0 Å². The zero-order valence-corrected chi connectivity index (χ0v) is 19.0. The first-order valence-electron chi connectivity index (χ1n) is 9.32. The number of nitrogens with one attached hydrogen (secondary N) is 2. The van der Waals surface area contributed by atoms with Crippen LogP contribution >= 0.6 is 24.0 Å². The molecule has 1 aliphatic rings. The van der Waals surface area contributed by atoms with E-state index in [0.29, 0.717) is 13.3 Å². The van der Waals surface area contributed by atoms with E-state index in [1.165, 1.54) is 16.8 Å². The van der Waals surface area contributed by atoms with E-state index >= 15 is 0 Å². The molecule has 2 N–H and O–H groups in total. The molecule has 0 saturated heterocycles. The van der Waals surface area contributed by atoms with Gasteiger partial charge in [-0.05, 0) is 48.7 Å². The summed E-state index contributed by atoms with van der Waals surface area (Å²) in [5, 5.41) is 6.69. The minimum atomic E-state index is 0. The van der Waals surface area contributed by atoms with E-state index in [1.807, 2.05) is 26.2 Å². The van der Waals surface area contributed by atoms with Gasteiger partial charge < -0.3 is 25.0 Å². The average molecular weight is 496 g/mol. The van der Waals surface area contributed by atoms with Crippen molar-refractivity contribution in [2.75, 3.05) is 38.9 Å². The summed E-state index contributed by atoms with van der Waals surface area (Å²) < 4.78 is 10.8. The molecule has 0 bridgehead atoms. The molecule has 0 atom stereocenters. The second-order valence-electron chi connectivity index (χ2n) is 6.62. The fourth-order valence-corrected chi connectivity index (χ4v) is 2.83. The lowest BCUT2D eigenvalue weighted by atomic mass is 10.1. The summed E-state index contributed by atoms with van der Waals surface area (Å²) in [5.41, 5.74) is 3.59. The van der Waals surface area contributed by atoms with Gasteiger partial charge in [-0.25, -0.2) is 4.99 Å². The number of rotatable bonds is 7. The Balaban J connectivity index is 0.00000280. The third kappa shape index (κ3) is 6.19. The number of benzene rings is 2. The summed E-state index contributed by atoms with van der Waals surface area (Å²) in [6.45, 7) is 4.65. The maximum absolute atomic E-state index is 5.43. The first-order chi connectivity index (χ1) is 13.2. The van der Waals surface area contributed by atoms with Crippen LogP contribution < -0.4 is 25.0 Å². The van der Waals surface area contributed by atoms with Crippen LogP contribution in [0.4, 0.5) is 5.69 Å². The van der Waals surface area contributed by atoms with Crippen molar-refractivity contribution in [2.45, 2.75) is 19.9 Å². The van der Waals surface area contributed by atoms with E-state index in [1.54, 1.807) is 0 Å². The highest BCUT2D eigenvalue weighted by Crippen LogP contribution is 2.32. The molecule has 1 heterocycles. The molecule has 2 aromatic carbocycles. The summed E-state index contributed by atoms with van der Waals surface area (Å²) in [5.74, 6) is 2.48. The summed E-state index contributed by atoms with van der Waals surface area (Å²) >= 11 is 0. The van der Waals surface area contributed by atoms with Gasteiger partial charge in [-0.1, -0.05) is 18.2 Å². The zero-order chi connectivity index (χ0) is 19.1. The SMILES string of the molecule is CCNC(=NCc1ccc(N(C)C)cc1)NCCc1ccc2c(c1)OCO2.I. The molecule has 0 aromatic heterocycles. The van der Waals surface area contributed by atoms with Crippen LogP contribution in [0, 0.1) is 0 Å². The zero-order valence-electron chi connectivity index (χ0n) is 16.7. The monoisotopic (exact) mass is 496 g/mol. The summed E-state index contributed by atoms with van der Waals surface area (Å²) in [6, 6.07) is 14.6. The van der Waals surface area contributed by atoms with Crippen molar-refractivity contribution >= 4 is 35.6 Å². The number of fused-ring (bicyclic) bond motifs is 1. The number of ether oxygens (including phenoxy) is 2. The van der Waals surface area contributed by atoms with E-state index in [9.17, 15) is 0 Å². The van der Waals surface area contributed by atoms with Gasteiger partial charge in [0.15, 0.2) is 17.5 Å². The molecule has 152 valence electrons. The van der Waals surface area contributed by atoms with Crippen molar-refractivity contribution in [3.05, 3.63) is 53.6 Å². The normalized spacial score (nSPS) is 12.3. The standard InChI is InChI=1S/C21H28N4O2.HI/c1-4-22-21(24-14-17-5-8-18(9-6-17)25(2)3)23-12-11-16-7-10-19-20(13-16)27-15-26-19;/h5-10,13H,4,11-12,14-15H2,1-3H3,(H2,22,23,24);1H. The number of nitrogens with zero attached hydrogens (tertiary/aromatic N) is 2. The largest absolute Gasteiger partial charge is 0.454 e. The molecule has 0 unspecified atom stereocenters. The third-order valence-corrected chi connectivity index (χ3v) is 4.36. The first-order valence-corrected chi connectivity index (χ1v) is 9.32. The highest BCUT2D eigenvalue weighted by molar-refractivity contribution is 14.0. The number of hydrogen-bond donors (Lipinski definition) is 2. The number of aliphatic imine (C=N–C) groups is 1. The lowest BCUT2D eigenvalue weighted by molar-refractivity contribution is 0.174. The number of anilines is 1. The Bertz CT molecular complexity index is 778. The Kier molecular flexibility index (Phi) is 8.69. The van der Waals surface area contributed by atoms with Crippen LogP contribution in [-0.4, -0.2) is 39.9 Å². The fraction of sp³-hybridized carbons (Fsp3) is 0.381. The van der Waals surface area contributed by atoms with E-state index in [-0.39, 0.29) is 24.0 Å². The quantitative estimate of drug-likeness (QED) is 0.350. The van der Waals surface area contributed by atoms with E-state index in [4.69, 9.17) is 9.47 Å². The van der Waals surface area contributed by atoms with Crippen LogP contribution in [0.15, 0.2) is 47.5 Å². The van der Waals surface area contributed by atoms with Crippen LogP contribution in [0.5, 0.6) is 11.5 Å². The summed E-state index contributed by atoms with van der Waals surface area (Å²) in [6.07, 6.45) is 0.887. The smallest absolute Gasteiger partial charge is 0.231 e. The van der Waals surface area contributed by atoms with Gasteiger partial charge in [0.2, 0.25) is 6.79 Å². The topological polar surface area (TPSA) is 58.1 Å². The Morgan fingerprint density at radius 2 is 1.71 bits per heavy atom. The molecule has 1 aliphatic heterocycles. The van der Waals surface area contributed by atoms with Gasteiger partial charge in [-0.15, -0.1) is 24.0 Å². The highest BCUT2D eigenvalue weighted by atomic mass is 127. The van der Waals surface area contributed by atoms with Crippen LogP contribution in [-0.2, 0) is 13.0 Å². The molecule has 7 heteroatoms. The van der Waals surface area contributed by atoms with Gasteiger partial charge in [0.05, 0.1) is 6.54 Å². The first kappa shape index (κ1) is 22.1. The molecular weight excluding hydrogens is 467 g/mol. The second kappa shape index (κ2) is 11.0. The molecule has 0 fully saturated rings. The lowest BCUT2D eigenvalue weighted by Gasteiger charge is -2.13. The Hall–Kier alpha value is -2.16. The maximum Gasteiger partial charge on any atom is 0.231 e. The molecule has 28 heavy (non-hydrogen) atoms. The van der Waals surface area contributed by atoms with Crippen molar-refractivity contribution in [3.63, 3.8) is 0 Å². The maximum atomic E-state index is 5.43. The highest BCUT2D eigenvalue weighted by Gasteiger charge is 2.12. The van der Waals surface area contributed by atoms with Crippen molar-refractivity contribution in [2.24, 2.45) is 4.99 Å². The minimum absolute atomic E-state index is 0. The van der Waals surface area contributed by atoms with Crippen molar-refractivity contribution in [1.29, 1.82) is 0 Å². The van der Waals surface area contributed by atoms with Gasteiger partial charge >= 0.3 is 0 Å². The molecule has 6 nitrogen and oxygen atoms in total. The van der Waals surface area contributed by atoms with Crippen molar-refractivity contribution < 1.29 is 9.47 Å². The predicted molar refractivity (Wildman–Crippen MR) is 125 cm³/mol. The summed E-state index contributed by atoms with van der Waals surface area (Å²) in [4.78, 5) is 6.78. The van der Waals surface area contributed by atoms with Crippen LogP contribution in [0.25, 0.3) is 0 Å². The van der Waals surface area contributed by atoms with Gasteiger partial charge in [0.25, 0.3) is 0 Å². The third-order valence-electron chi connectivity index (χ3n) is 4.36. The number of hydrogen-bond acceptors (Lipinski definition) is 4. The number of halogens is 1. The Labute approximate surface area is 184 Å².